The zero-order valence-electron chi connectivity index (χ0n) is 39.7. The first-order chi connectivity index (χ1) is 34.4. The summed E-state index contributed by atoms with van der Waals surface area (Å²) in [6, 6.07) is 59.1. The molecular weight excluding hydrogens is 966 g/mol. The van der Waals surface area contributed by atoms with Crippen molar-refractivity contribution in [1.29, 1.82) is 0 Å². The maximum absolute atomic E-state index is 5.76. The number of aliphatic imine (C=N–C) groups is 2. The molecular formula is C64H54IN5. The maximum atomic E-state index is 5.76. The van der Waals surface area contributed by atoms with Gasteiger partial charge in [-0.25, -0.2) is 9.98 Å². The minimum atomic E-state index is -0.549. The number of nitrogens with one attached hydrogen (secondary N) is 1. The molecule has 2 aliphatic carbocycles. The third-order valence-corrected chi connectivity index (χ3v) is 14.9. The fourth-order valence-electron chi connectivity index (χ4n) is 10.3. The van der Waals surface area contributed by atoms with Crippen LogP contribution in [-0.4, -0.2) is 25.6 Å². The summed E-state index contributed by atoms with van der Waals surface area (Å²) in [6.45, 7) is 4.44. The Morgan fingerprint density at radius 2 is 1.39 bits per heavy atom. The summed E-state index contributed by atoms with van der Waals surface area (Å²) in [6.07, 6.45) is 20.5. The second kappa shape index (κ2) is 19.9. The Kier molecular flexibility index (Phi) is 12.8. The number of hydrogen-bond acceptors (Lipinski definition) is 4. The van der Waals surface area contributed by atoms with E-state index in [0.717, 1.165) is 66.8 Å². The molecule has 342 valence electrons. The first kappa shape index (κ1) is 45.0. The van der Waals surface area contributed by atoms with Gasteiger partial charge in [0.2, 0.25) is 0 Å². The lowest BCUT2D eigenvalue weighted by Gasteiger charge is -2.34. The van der Waals surface area contributed by atoms with E-state index in [4.69, 9.17) is 15.0 Å². The van der Waals surface area contributed by atoms with Crippen LogP contribution in [0.4, 0.5) is 0 Å². The molecule has 4 atom stereocenters. The first-order valence-corrected chi connectivity index (χ1v) is 25.8. The zero-order valence-corrected chi connectivity index (χ0v) is 41.8. The Balaban J connectivity index is 1.12. The topological polar surface area (TPSA) is 54.6 Å². The van der Waals surface area contributed by atoms with Crippen LogP contribution < -0.4 is 5.32 Å². The van der Waals surface area contributed by atoms with Gasteiger partial charge in [-0.15, -0.1) is 0 Å². The fraction of sp³-hybridized carbons (Fsp3) is 0.141. The van der Waals surface area contributed by atoms with Crippen molar-refractivity contribution in [2.24, 2.45) is 28.9 Å². The highest BCUT2D eigenvalue weighted by Gasteiger charge is 2.34. The monoisotopic (exact) mass is 1020 g/mol. The number of nitrogens with zero attached hydrogens (tertiary/aromatic N) is 4. The van der Waals surface area contributed by atoms with E-state index in [0.29, 0.717) is 0 Å². The van der Waals surface area contributed by atoms with Crippen LogP contribution in [0.5, 0.6) is 0 Å². The molecule has 0 saturated carbocycles. The van der Waals surface area contributed by atoms with Crippen molar-refractivity contribution in [3.63, 3.8) is 0 Å². The van der Waals surface area contributed by atoms with Crippen molar-refractivity contribution in [2.75, 3.05) is 4.43 Å². The van der Waals surface area contributed by atoms with Gasteiger partial charge in [0.05, 0.1) is 5.52 Å². The molecule has 2 aromatic heterocycles. The zero-order chi connectivity index (χ0) is 47.6. The molecule has 0 radical (unpaired) electrons. The van der Waals surface area contributed by atoms with E-state index in [-0.39, 0.29) is 17.8 Å². The van der Waals surface area contributed by atoms with Gasteiger partial charge in [0.15, 0.2) is 6.17 Å². The lowest BCUT2D eigenvalue weighted by atomic mass is 9.76. The molecule has 0 bridgehead atoms. The van der Waals surface area contributed by atoms with E-state index in [1.807, 2.05) is 12.3 Å². The van der Waals surface area contributed by atoms with E-state index in [2.05, 4.69) is 260 Å². The number of aryl methyl sites for hydroxylation is 1. The Bertz CT molecular complexity index is 3510. The molecule has 11 rings (SSSR count). The van der Waals surface area contributed by atoms with Crippen molar-refractivity contribution in [3.05, 3.63) is 258 Å². The van der Waals surface area contributed by atoms with Gasteiger partial charge in [-0.3, -0.25) is 4.98 Å². The number of amidine groups is 2. The van der Waals surface area contributed by atoms with Crippen LogP contribution in [0.15, 0.2) is 245 Å². The summed E-state index contributed by atoms with van der Waals surface area (Å²) in [5, 5.41) is 6.29. The molecule has 6 aromatic carbocycles. The number of benzene rings is 6. The van der Waals surface area contributed by atoms with Gasteiger partial charge in [0.1, 0.15) is 11.7 Å². The number of fused-ring (bicyclic) bond motifs is 2. The van der Waals surface area contributed by atoms with Crippen LogP contribution in [-0.2, 0) is 7.05 Å². The van der Waals surface area contributed by atoms with Gasteiger partial charge in [-0.1, -0.05) is 187 Å². The number of halogens is 1. The molecule has 70 heavy (non-hydrogen) atoms. The lowest BCUT2D eigenvalue weighted by molar-refractivity contribution is 0.586. The number of pyridine rings is 1. The summed E-state index contributed by atoms with van der Waals surface area (Å²) in [4.78, 5) is 16.2. The predicted molar refractivity (Wildman–Crippen MR) is 303 cm³/mol. The highest BCUT2D eigenvalue weighted by atomic mass is 127. The fourth-order valence-corrected chi connectivity index (χ4v) is 11.0. The summed E-state index contributed by atoms with van der Waals surface area (Å²) >= 11 is 2.52. The van der Waals surface area contributed by atoms with Crippen LogP contribution >= 0.6 is 22.6 Å². The second-order valence-corrected chi connectivity index (χ2v) is 19.3. The van der Waals surface area contributed by atoms with Gasteiger partial charge in [0, 0.05) is 52.2 Å². The third kappa shape index (κ3) is 9.24. The van der Waals surface area contributed by atoms with Crippen LogP contribution in [0, 0.1) is 11.8 Å². The third-order valence-electron chi connectivity index (χ3n) is 14.1. The molecule has 1 aliphatic heterocycles. The van der Waals surface area contributed by atoms with Crippen LogP contribution in [0.1, 0.15) is 54.6 Å². The van der Waals surface area contributed by atoms with Gasteiger partial charge >= 0.3 is 0 Å². The molecule has 1 N–H and O–H groups in total. The Labute approximate surface area is 425 Å². The Morgan fingerprint density at radius 1 is 0.671 bits per heavy atom. The maximum Gasteiger partial charge on any atom is 0.169 e. The van der Waals surface area contributed by atoms with Crippen LogP contribution in [0.2, 0.25) is 0 Å². The Morgan fingerprint density at radius 3 is 2.13 bits per heavy atom. The number of rotatable bonds is 11. The molecule has 0 amide bonds. The SMILES string of the molecule is C/C=C\C=C(/CI)C1=CC(c2ccccc2)=CC(C2=NC(c3cc(-c4ccc5cccnc5c4)cc(-c4ccc5ccn(C)c5c4)c3)N=C(C3=CC(c4ccccc4)CC(c4ccccc4)=C3)N2)C1C. The average molecular weight is 1020 g/mol. The number of allylic oxidation sites excluding steroid dienone is 9. The molecule has 0 spiro atoms. The summed E-state index contributed by atoms with van der Waals surface area (Å²) < 4.78 is 3.08. The average Bonchev–Trinajstić information content (AvgIpc) is 3.80. The Hall–Kier alpha value is -7.42. The van der Waals surface area contributed by atoms with Gasteiger partial charge < -0.3 is 9.88 Å². The molecule has 5 nitrogen and oxygen atoms in total. The van der Waals surface area contributed by atoms with Crippen LogP contribution in [0.3, 0.4) is 0 Å². The molecule has 8 aromatic rings. The summed E-state index contributed by atoms with van der Waals surface area (Å²) in [5.74, 6) is 1.92. The van der Waals surface area contributed by atoms with Crippen molar-refractivity contribution < 1.29 is 0 Å². The molecule has 3 aliphatic rings. The molecule has 0 saturated heterocycles. The van der Waals surface area contributed by atoms with Gasteiger partial charge in [-0.05, 0) is 140 Å². The number of aromatic nitrogens is 2. The number of hydrogen-bond donors (Lipinski definition) is 1. The standard InChI is InChI=1S/C64H54IN5/c1-4-5-16-50(41-65)58-37-55(45-21-13-8-14-22-45)38-59(42(58)2)64-68-62(56-33-51(43-17-9-6-10-18-43)31-52(34-56)44-19-11-7-12-20-44)67-63(69-64)57-35-53(48-26-24-46-23-15-29-66-60(46)39-48)32-54(36-57)49-27-25-47-28-30-70(3)61(47)40-49/h4-30,32-40,42,51,59,63H,31,41H2,1-3H3,(H,67,68,69)/b5-4-,50-16+. The van der Waals surface area contributed by atoms with Crippen molar-refractivity contribution in [1.82, 2.24) is 14.9 Å². The first-order valence-electron chi connectivity index (χ1n) is 24.3. The minimum Gasteiger partial charge on any atom is -0.351 e. The van der Waals surface area contributed by atoms with E-state index in [1.54, 1.807) is 0 Å². The van der Waals surface area contributed by atoms with E-state index in [1.165, 1.54) is 49.9 Å². The normalized spacial score (nSPS) is 19.5. The minimum absolute atomic E-state index is 0.0826. The smallest absolute Gasteiger partial charge is 0.169 e. The number of alkyl halides is 1. The lowest BCUT2D eigenvalue weighted by Crippen LogP contribution is -2.42. The van der Waals surface area contributed by atoms with Crippen LogP contribution in [0.25, 0.3) is 55.2 Å². The van der Waals surface area contributed by atoms with E-state index < -0.39 is 6.17 Å². The van der Waals surface area contributed by atoms with Crippen molar-refractivity contribution in [2.45, 2.75) is 32.4 Å². The van der Waals surface area contributed by atoms with E-state index in [9.17, 15) is 0 Å². The highest BCUT2D eigenvalue weighted by molar-refractivity contribution is 14.1. The molecule has 4 unspecified atom stereocenters. The second-order valence-electron chi connectivity index (χ2n) is 18.6. The molecule has 3 heterocycles. The van der Waals surface area contributed by atoms with Crippen molar-refractivity contribution in [3.8, 4) is 22.3 Å². The van der Waals surface area contributed by atoms with Gasteiger partial charge in [0.25, 0.3) is 0 Å². The van der Waals surface area contributed by atoms with E-state index >= 15 is 0 Å². The largest absolute Gasteiger partial charge is 0.351 e. The quantitative estimate of drug-likeness (QED) is 0.0797. The summed E-state index contributed by atoms with van der Waals surface area (Å²) in [5.41, 5.74) is 17.5. The van der Waals surface area contributed by atoms with Crippen molar-refractivity contribution >= 4 is 67.2 Å². The highest BCUT2D eigenvalue weighted by Crippen LogP contribution is 2.42. The summed E-state index contributed by atoms with van der Waals surface area (Å²) in [7, 11) is 2.11. The molecule has 0 fully saturated rings. The molecule has 6 heteroatoms. The van der Waals surface area contributed by atoms with Gasteiger partial charge in [-0.2, -0.15) is 0 Å². The predicted octanol–water partition coefficient (Wildman–Crippen LogP) is 15.9.